The normalized spacial score (nSPS) is 12.2. The van der Waals surface area contributed by atoms with Crippen molar-refractivity contribution >= 4 is 11.9 Å². The zero-order valence-electron chi connectivity index (χ0n) is 10.3. The van der Waals surface area contributed by atoms with Crippen LogP contribution in [-0.2, 0) is 9.59 Å². The summed E-state index contributed by atoms with van der Waals surface area (Å²) in [6.07, 6.45) is 5.18. The van der Waals surface area contributed by atoms with Crippen molar-refractivity contribution in [2.75, 3.05) is 0 Å². The number of aromatic amines is 1. The van der Waals surface area contributed by atoms with Gasteiger partial charge in [-0.15, -0.1) is 0 Å². The Morgan fingerprint density at radius 3 is 2.50 bits per heavy atom. The number of unbranched alkanes of at least 4 members (excludes halogenated alkanes) is 2. The van der Waals surface area contributed by atoms with Crippen LogP contribution in [0, 0.1) is 0 Å². The molecule has 1 heterocycles. The topological polar surface area (TPSA) is 90.4 Å². The van der Waals surface area contributed by atoms with E-state index in [0.29, 0.717) is 6.42 Å². The second-order valence-corrected chi connectivity index (χ2v) is 4.41. The van der Waals surface area contributed by atoms with Crippen LogP contribution >= 0.6 is 0 Å². The molecule has 1 aromatic heterocycles. The molecule has 5 nitrogen and oxygen atoms in total. The zero-order chi connectivity index (χ0) is 13.4. The number of aromatic nitrogens is 1. The molecule has 0 aliphatic carbocycles. The van der Waals surface area contributed by atoms with Crippen LogP contribution in [-0.4, -0.2) is 27.1 Å². The Morgan fingerprint density at radius 1 is 1.17 bits per heavy atom. The lowest BCUT2D eigenvalue weighted by Crippen LogP contribution is -2.07. The Balaban J connectivity index is 2.33. The van der Waals surface area contributed by atoms with Crippen LogP contribution in [0.25, 0.3) is 0 Å². The van der Waals surface area contributed by atoms with Crippen molar-refractivity contribution in [1.82, 2.24) is 4.98 Å². The molecule has 1 unspecified atom stereocenters. The van der Waals surface area contributed by atoms with Gasteiger partial charge in [-0.1, -0.05) is 12.8 Å². The van der Waals surface area contributed by atoms with Gasteiger partial charge in [-0.3, -0.25) is 9.59 Å². The molecule has 3 N–H and O–H groups in total. The van der Waals surface area contributed by atoms with Crippen LogP contribution in [0.2, 0.25) is 0 Å². The summed E-state index contributed by atoms with van der Waals surface area (Å²) in [7, 11) is 0. The van der Waals surface area contributed by atoms with Crippen molar-refractivity contribution in [3.63, 3.8) is 0 Å². The van der Waals surface area contributed by atoms with Crippen molar-refractivity contribution in [2.24, 2.45) is 0 Å². The predicted octanol–water partition coefficient (Wildman–Crippen LogP) is 2.61. The smallest absolute Gasteiger partial charge is 0.304 e. The molecule has 18 heavy (non-hydrogen) atoms. The molecular weight excluding hydrogens is 234 g/mol. The molecule has 100 valence electrons. The third kappa shape index (κ3) is 5.52. The second-order valence-electron chi connectivity index (χ2n) is 4.41. The van der Waals surface area contributed by atoms with Gasteiger partial charge in [-0.25, -0.2) is 0 Å². The quantitative estimate of drug-likeness (QED) is 0.590. The minimum absolute atomic E-state index is 0.0117. The number of hydrogen-bond donors (Lipinski definition) is 3. The van der Waals surface area contributed by atoms with E-state index in [1.165, 1.54) is 0 Å². The number of H-pyrrole nitrogens is 1. The number of carboxylic acid groups (broad SMARTS) is 2. The largest absolute Gasteiger partial charge is 0.481 e. The monoisotopic (exact) mass is 253 g/mol. The Hall–Kier alpha value is -1.78. The molecule has 0 aromatic carbocycles. The third-order valence-electron chi connectivity index (χ3n) is 2.93. The lowest BCUT2D eigenvalue weighted by atomic mass is 9.94. The number of nitrogens with one attached hydrogen (secondary N) is 1. The van der Waals surface area contributed by atoms with Crippen LogP contribution in [0.1, 0.15) is 50.1 Å². The number of rotatable bonds is 9. The average Bonchev–Trinajstić information content (AvgIpc) is 2.79. The summed E-state index contributed by atoms with van der Waals surface area (Å²) < 4.78 is 0. The maximum absolute atomic E-state index is 10.8. The number of aliphatic carboxylic acids is 2. The van der Waals surface area contributed by atoms with Crippen LogP contribution in [0.4, 0.5) is 0 Å². The third-order valence-corrected chi connectivity index (χ3v) is 2.93. The molecule has 0 amide bonds. The van der Waals surface area contributed by atoms with Crippen LogP contribution < -0.4 is 0 Å². The van der Waals surface area contributed by atoms with Gasteiger partial charge in [-0.2, -0.15) is 0 Å². The molecule has 0 aliphatic rings. The number of carboxylic acids is 2. The summed E-state index contributed by atoms with van der Waals surface area (Å²) in [5.74, 6) is -1.59. The van der Waals surface area contributed by atoms with Gasteiger partial charge in [-0.05, 0) is 25.0 Å². The van der Waals surface area contributed by atoms with Gasteiger partial charge in [0.25, 0.3) is 0 Å². The van der Waals surface area contributed by atoms with Crippen LogP contribution in [0.5, 0.6) is 0 Å². The molecule has 0 aliphatic heterocycles. The van der Waals surface area contributed by atoms with E-state index in [4.69, 9.17) is 10.2 Å². The lowest BCUT2D eigenvalue weighted by molar-refractivity contribution is -0.138. The highest BCUT2D eigenvalue weighted by Crippen LogP contribution is 2.24. The maximum Gasteiger partial charge on any atom is 0.304 e. The second kappa shape index (κ2) is 7.53. The first kappa shape index (κ1) is 14.3. The SMILES string of the molecule is O=C(O)CCCCCC(CC(=O)O)c1ccc[nH]1. The summed E-state index contributed by atoms with van der Waals surface area (Å²) in [4.78, 5) is 24.2. The minimum atomic E-state index is -0.805. The Labute approximate surface area is 106 Å². The highest BCUT2D eigenvalue weighted by atomic mass is 16.4. The molecule has 1 aromatic rings. The Morgan fingerprint density at radius 2 is 1.94 bits per heavy atom. The Bertz CT molecular complexity index is 372. The van der Waals surface area contributed by atoms with E-state index in [2.05, 4.69) is 4.98 Å². The van der Waals surface area contributed by atoms with E-state index in [0.717, 1.165) is 25.0 Å². The van der Waals surface area contributed by atoms with Gasteiger partial charge >= 0.3 is 11.9 Å². The van der Waals surface area contributed by atoms with Crippen molar-refractivity contribution in [1.29, 1.82) is 0 Å². The van der Waals surface area contributed by atoms with Crippen LogP contribution in [0.15, 0.2) is 18.3 Å². The average molecular weight is 253 g/mol. The predicted molar refractivity (Wildman–Crippen MR) is 66.5 cm³/mol. The summed E-state index contributed by atoms with van der Waals surface area (Å²) in [5, 5.41) is 17.4. The minimum Gasteiger partial charge on any atom is -0.481 e. The van der Waals surface area contributed by atoms with E-state index in [1.807, 2.05) is 12.1 Å². The van der Waals surface area contributed by atoms with Crippen molar-refractivity contribution in [3.05, 3.63) is 24.0 Å². The van der Waals surface area contributed by atoms with Gasteiger partial charge in [0.1, 0.15) is 0 Å². The molecule has 0 radical (unpaired) electrons. The zero-order valence-corrected chi connectivity index (χ0v) is 10.3. The fourth-order valence-electron chi connectivity index (χ4n) is 2.02. The molecule has 1 atom stereocenters. The van der Waals surface area contributed by atoms with Gasteiger partial charge in [0.15, 0.2) is 0 Å². The Kier molecular flexibility index (Phi) is 5.97. The molecule has 1 rings (SSSR count). The summed E-state index contributed by atoms with van der Waals surface area (Å²) >= 11 is 0. The summed E-state index contributed by atoms with van der Waals surface area (Å²) in [5.41, 5.74) is 0.940. The van der Waals surface area contributed by atoms with Gasteiger partial charge in [0.05, 0.1) is 6.42 Å². The van der Waals surface area contributed by atoms with Gasteiger partial charge in [0.2, 0.25) is 0 Å². The standard InChI is InChI=1S/C13H19NO4/c15-12(16)7-3-1-2-5-10(9-13(17)18)11-6-4-8-14-11/h4,6,8,10,14H,1-3,5,7,9H2,(H,15,16)(H,17,18). The first-order valence-corrected chi connectivity index (χ1v) is 6.16. The molecule has 0 saturated heterocycles. The summed E-state index contributed by atoms with van der Waals surface area (Å²) in [6, 6.07) is 3.75. The highest BCUT2D eigenvalue weighted by molar-refractivity contribution is 5.68. The maximum atomic E-state index is 10.8. The number of carbonyl (C=O) groups is 2. The van der Waals surface area contributed by atoms with Gasteiger partial charge in [0, 0.05) is 24.2 Å². The van der Waals surface area contributed by atoms with E-state index in [9.17, 15) is 9.59 Å². The van der Waals surface area contributed by atoms with Gasteiger partial charge < -0.3 is 15.2 Å². The summed E-state index contributed by atoms with van der Waals surface area (Å²) in [6.45, 7) is 0. The first-order chi connectivity index (χ1) is 8.59. The fraction of sp³-hybridized carbons (Fsp3) is 0.538. The van der Waals surface area contributed by atoms with E-state index in [1.54, 1.807) is 6.20 Å². The molecule has 0 bridgehead atoms. The first-order valence-electron chi connectivity index (χ1n) is 6.16. The van der Waals surface area contributed by atoms with Crippen LogP contribution in [0.3, 0.4) is 0 Å². The molecule has 0 fully saturated rings. The van der Waals surface area contributed by atoms with E-state index < -0.39 is 11.9 Å². The lowest BCUT2D eigenvalue weighted by Gasteiger charge is -2.13. The fourth-order valence-corrected chi connectivity index (χ4v) is 2.02. The van der Waals surface area contributed by atoms with E-state index in [-0.39, 0.29) is 18.8 Å². The van der Waals surface area contributed by atoms with Crippen molar-refractivity contribution in [3.8, 4) is 0 Å². The van der Waals surface area contributed by atoms with E-state index >= 15 is 0 Å². The van der Waals surface area contributed by atoms with Crippen molar-refractivity contribution in [2.45, 2.75) is 44.4 Å². The molecule has 0 saturated carbocycles. The molecule has 0 spiro atoms. The highest BCUT2D eigenvalue weighted by Gasteiger charge is 2.15. The van der Waals surface area contributed by atoms with Crippen molar-refractivity contribution < 1.29 is 19.8 Å². The molecular formula is C13H19NO4. The number of hydrogen-bond acceptors (Lipinski definition) is 2. The molecule has 5 heteroatoms.